The lowest BCUT2D eigenvalue weighted by molar-refractivity contribution is 0.503. The van der Waals surface area contributed by atoms with Gasteiger partial charge in [-0.25, -0.2) is 21.9 Å². The number of benzene rings is 2. The van der Waals surface area contributed by atoms with Crippen LogP contribution in [0.5, 0.6) is 0 Å². The van der Waals surface area contributed by atoms with Gasteiger partial charge < -0.3 is 0 Å². The van der Waals surface area contributed by atoms with E-state index in [1.165, 1.54) is 0 Å². The van der Waals surface area contributed by atoms with Crippen molar-refractivity contribution in [2.24, 2.45) is 0 Å². The van der Waals surface area contributed by atoms with Gasteiger partial charge in [0.25, 0.3) is 0 Å². The Morgan fingerprint density at radius 3 is 2.29 bits per heavy atom. The minimum absolute atomic E-state index is 0.296. The summed E-state index contributed by atoms with van der Waals surface area (Å²) in [4.78, 5) is -0.296. The van der Waals surface area contributed by atoms with Gasteiger partial charge in [0.05, 0.1) is 4.90 Å². The van der Waals surface area contributed by atoms with Crippen LogP contribution >= 0.6 is 0 Å². The van der Waals surface area contributed by atoms with Crippen LogP contribution in [0.15, 0.2) is 53.4 Å². The number of hydrogen-bond acceptors (Lipinski definition) is 2. The fraction of sp³-hybridized carbons (Fsp3) is 0.200. The van der Waals surface area contributed by atoms with E-state index in [-0.39, 0.29) is 4.90 Å². The molecule has 0 aliphatic carbocycles. The fourth-order valence-electron chi connectivity index (χ4n) is 1.97. The second-order valence-electron chi connectivity index (χ2n) is 4.57. The molecular formula is C15H15F2NO2S. The second-order valence-corrected chi connectivity index (χ2v) is 6.28. The van der Waals surface area contributed by atoms with E-state index in [9.17, 15) is 17.2 Å². The van der Waals surface area contributed by atoms with Crippen molar-refractivity contribution in [3.63, 3.8) is 0 Å². The fourth-order valence-corrected chi connectivity index (χ4v) is 3.29. The summed E-state index contributed by atoms with van der Waals surface area (Å²) in [5, 5.41) is 0. The minimum atomic E-state index is -3.92. The maximum absolute atomic E-state index is 13.2. The molecule has 2 aromatic carbocycles. The van der Waals surface area contributed by atoms with E-state index in [0.29, 0.717) is 12.5 Å². The molecule has 0 bridgehead atoms. The number of hydrogen-bond donors (Lipinski definition) is 1. The van der Waals surface area contributed by atoms with Crippen molar-refractivity contribution in [1.82, 2.24) is 4.72 Å². The van der Waals surface area contributed by atoms with Crippen molar-refractivity contribution in [3.05, 3.63) is 65.7 Å². The van der Waals surface area contributed by atoms with Crippen LogP contribution in [0.2, 0.25) is 0 Å². The molecule has 1 atom stereocenters. The molecule has 1 N–H and O–H groups in total. The highest BCUT2D eigenvalue weighted by atomic mass is 32.2. The van der Waals surface area contributed by atoms with E-state index in [1.807, 2.05) is 37.3 Å². The lowest BCUT2D eigenvalue weighted by Crippen LogP contribution is -2.28. The molecule has 0 saturated carbocycles. The maximum Gasteiger partial charge on any atom is 0.241 e. The Balaban J connectivity index is 2.29. The molecule has 0 aliphatic heterocycles. The first-order chi connectivity index (χ1) is 9.94. The monoisotopic (exact) mass is 311 g/mol. The predicted octanol–water partition coefficient (Wildman–Crippen LogP) is 3.39. The summed E-state index contributed by atoms with van der Waals surface area (Å²) in [5.74, 6) is -2.27. The third-order valence-electron chi connectivity index (χ3n) is 3.11. The maximum atomic E-state index is 13.2. The van der Waals surface area contributed by atoms with Crippen LogP contribution in [0.1, 0.15) is 24.9 Å². The summed E-state index contributed by atoms with van der Waals surface area (Å²) < 4.78 is 53.1. The minimum Gasteiger partial charge on any atom is -0.207 e. The average Bonchev–Trinajstić information content (AvgIpc) is 2.48. The normalized spacial score (nSPS) is 13.1. The summed E-state index contributed by atoms with van der Waals surface area (Å²) in [7, 11) is -3.92. The first kappa shape index (κ1) is 15.6. The summed E-state index contributed by atoms with van der Waals surface area (Å²) >= 11 is 0. The summed E-state index contributed by atoms with van der Waals surface area (Å²) in [6, 6.07) is 11.2. The molecule has 0 heterocycles. The molecule has 6 heteroatoms. The van der Waals surface area contributed by atoms with Crippen LogP contribution in [-0.4, -0.2) is 8.42 Å². The first-order valence-corrected chi connectivity index (χ1v) is 7.94. The largest absolute Gasteiger partial charge is 0.241 e. The number of nitrogens with one attached hydrogen (secondary N) is 1. The Hall–Kier alpha value is -1.79. The molecule has 0 aliphatic rings. The third kappa shape index (κ3) is 3.65. The molecule has 3 nitrogen and oxygen atoms in total. The highest BCUT2D eigenvalue weighted by Crippen LogP contribution is 2.21. The quantitative estimate of drug-likeness (QED) is 0.920. The van der Waals surface area contributed by atoms with Crippen molar-refractivity contribution in [2.75, 3.05) is 0 Å². The number of halogens is 2. The van der Waals surface area contributed by atoms with Crippen molar-refractivity contribution >= 4 is 10.0 Å². The van der Waals surface area contributed by atoms with Crippen LogP contribution in [0, 0.1) is 11.6 Å². The van der Waals surface area contributed by atoms with Gasteiger partial charge in [0, 0.05) is 6.04 Å². The molecule has 0 fully saturated rings. The molecule has 2 aromatic rings. The zero-order valence-electron chi connectivity index (χ0n) is 11.4. The predicted molar refractivity (Wildman–Crippen MR) is 76.2 cm³/mol. The van der Waals surface area contributed by atoms with Gasteiger partial charge in [-0.05, 0) is 30.2 Å². The molecule has 0 aromatic heterocycles. The van der Waals surface area contributed by atoms with E-state index in [4.69, 9.17) is 0 Å². The third-order valence-corrected chi connectivity index (χ3v) is 4.58. The molecule has 0 radical (unpaired) electrons. The SMILES string of the molecule is CCC(NS(=O)(=O)c1ccc(F)c(F)c1)c1ccccc1. The van der Waals surface area contributed by atoms with Crippen molar-refractivity contribution in [1.29, 1.82) is 0 Å². The summed E-state index contributed by atoms with van der Waals surface area (Å²) in [5.41, 5.74) is 0.811. The van der Waals surface area contributed by atoms with Gasteiger partial charge in [-0.2, -0.15) is 0 Å². The lowest BCUT2D eigenvalue weighted by Gasteiger charge is -2.17. The van der Waals surface area contributed by atoms with Crippen LogP contribution < -0.4 is 4.72 Å². The molecule has 0 saturated heterocycles. The smallest absolute Gasteiger partial charge is 0.207 e. The summed E-state index contributed by atoms with van der Waals surface area (Å²) in [6.07, 6.45) is 0.535. The molecule has 1 unspecified atom stereocenters. The second kappa shape index (κ2) is 6.32. The van der Waals surface area contributed by atoms with Gasteiger partial charge in [0.1, 0.15) is 0 Å². The zero-order valence-corrected chi connectivity index (χ0v) is 12.2. The first-order valence-electron chi connectivity index (χ1n) is 6.46. The molecule has 21 heavy (non-hydrogen) atoms. The van der Waals surface area contributed by atoms with Crippen molar-refractivity contribution < 1.29 is 17.2 Å². The van der Waals surface area contributed by atoms with E-state index in [0.717, 1.165) is 17.7 Å². The van der Waals surface area contributed by atoms with E-state index in [1.54, 1.807) is 0 Å². The average molecular weight is 311 g/mol. The van der Waals surface area contributed by atoms with Gasteiger partial charge in [0.2, 0.25) is 10.0 Å². The van der Waals surface area contributed by atoms with Crippen LogP contribution in [-0.2, 0) is 10.0 Å². The lowest BCUT2D eigenvalue weighted by atomic mass is 10.1. The Labute approximate surface area is 122 Å². The van der Waals surface area contributed by atoms with Crippen molar-refractivity contribution in [3.8, 4) is 0 Å². The Kier molecular flexibility index (Phi) is 4.69. The highest BCUT2D eigenvalue weighted by Gasteiger charge is 2.21. The Morgan fingerprint density at radius 2 is 1.71 bits per heavy atom. The zero-order chi connectivity index (χ0) is 15.5. The standard InChI is InChI=1S/C15H15F2NO2S/c1-2-15(11-6-4-3-5-7-11)18-21(19,20)12-8-9-13(16)14(17)10-12/h3-10,15,18H,2H2,1H3. The summed E-state index contributed by atoms with van der Waals surface area (Å²) in [6.45, 7) is 1.84. The van der Waals surface area contributed by atoms with Crippen LogP contribution in [0.4, 0.5) is 8.78 Å². The van der Waals surface area contributed by atoms with E-state index in [2.05, 4.69) is 4.72 Å². The molecule has 112 valence electrons. The highest BCUT2D eigenvalue weighted by molar-refractivity contribution is 7.89. The number of rotatable bonds is 5. The van der Waals surface area contributed by atoms with E-state index >= 15 is 0 Å². The molecular weight excluding hydrogens is 296 g/mol. The van der Waals surface area contributed by atoms with Gasteiger partial charge >= 0.3 is 0 Å². The Morgan fingerprint density at radius 1 is 1.05 bits per heavy atom. The van der Waals surface area contributed by atoms with Gasteiger partial charge in [0.15, 0.2) is 11.6 Å². The van der Waals surface area contributed by atoms with Gasteiger partial charge in [-0.1, -0.05) is 37.3 Å². The number of sulfonamides is 1. The van der Waals surface area contributed by atoms with E-state index < -0.39 is 27.7 Å². The van der Waals surface area contributed by atoms with Gasteiger partial charge in [-0.15, -0.1) is 0 Å². The van der Waals surface area contributed by atoms with Crippen LogP contribution in [0.25, 0.3) is 0 Å². The topological polar surface area (TPSA) is 46.2 Å². The van der Waals surface area contributed by atoms with Crippen LogP contribution in [0.3, 0.4) is 0 Å². The Bertz CT molecular complexity index is 718. The van der Waals surface area contributed by atoms with Crippen molar-refractivity contribution in [2.45, 2.75) is 24.3 Å². The molecule has 0 spiro atoms. The van der Waals surface area contributed by atoms with Gasteiger partial charge in [-0.3, -0.25) is 0 Å². The molecule has 2 rings (SSSR count). The molecule has 0 amide bonds.